The first kappa shape index (κ1) is 16.4. The van der Waals surface area contributed by atoms with Gasteiger partial charge in [0.25, 0.3) is 0 Å². The molecular formula is C15H19N3O3S. The van der Waals surface area contributed by atoms with Gasteiger partial charge in [0.2, 0.25) is 11.0 Å². The second-order valence-electron chi connectivity index (χ2n) is 4.51. The molecule has 0 radical (unpaired) electrons. The van der Waals surface area contributed by atoms with Gasteiger partial charge in [-0.2, -0.15) is 0 Å². The third kappa shape index (κ3) is 3.80. The average molecular weight is 321 g/mol. The molecule has 1 aromatic carbocycles. The van der Waals surface area contributed by atoms with Crippen molar-refractivity contribution in [1.82, 2.24) is 10.2 Å². The number of anilines is 1. The van der Waals surface area contributed by atoms with Crippen molar-refractivity contribution in [3.05, 3.63) is 24.3 Å². The van der Waals surface area contributed by atoms with Gasteiger partial charge in [0, 0.05) is 19.1 Å². The highest BCUT2D eigenvalue weighted by molar-refractivity contribution is 7.18. The Bertz CT molecular complexity index is 613. The fourth-order valence-corrected chi connectivity index (χ4v) is 2.77. The fraction of sp³-hybridized carbons (Fsp3) is 0.400. The fourth-order valence-electron chi connectivity index (χ4n) is 1.88. The first-order valence-corrected chi connectivity index (χ1v) is 7.78. The van der Waals surface area contributed by atoms with Crippen molar-refractivity contribution in [2.45, 2.75) is 13.3 Å². The quantitative estimate of drug-likeness (QED) is 0.784. The van der Waals surface area contributed by atoms with Gasteiger partial charge in [-0.15, -0.1) is 10.2 Å². The molecule has 0 aliphatic carbocycles. The Morgan fingerprint density at radius 1 is 1.23 bits per heavy atom. The van der Waals surface area contributed by atoms with Crippen LogP contribution in [0.1, 0.15) is 13.3 Å². The lowest BCUT2D eigenvalue weighted by Gasteiger charge is -2.17. The highest BCUT2D eigenvalue weighted by Gasteiger charge is 2.18. The predicted molar refractivity (Wildman–Crippen MR) is 86.4 cm³/mol. The minimum atomic E-state index is 0.00878. The highest BCUT2D eigenvalue weighted by Crippen LogP contribution is 2.30. The highest BCUT2D eigenvalue weighted by atomic mass is 32.1. The van der Waals surface area contributed by atoms with E-state index in [2.05, 4.69) is 10.2 Å². The summed E-state index contributed by atoms with van der Waals surface area (Å²) >= 11 is 1.39. The summed E-state index contributed by atoms with van der Waals surface area (Å²) < 4.78 is 10.2. The zero-order chi connectivity index (χ0) is 15.9. The van der Waals surface area contributed by atoms with E-state index >= 15 is 0 Å². The molecule has 0 atom stereocenters. The van der Waals surface area contributed by atoms with E-state index in [9.17, 15) is 4.79 Å². The van der Waals surface area contributed by atoms with E-state index in [-0.39, 0.29) is 5.91 Å². The van der Waals surface area contributed by atoms with Crippen molar-refractivity contribution in [2.24, 2.45) is 0 Å². The lowest BCUT2D eigenvalue weighted by atomic mass is 10.2. The molecule has 0 saturated heterocycles. The number of aromatic nitrogens is 2. The van der Waals surface area contributed by atoms with E-state index in [1.165, 1.54) is 11.3 Å². The number of carbonyl (C=O) groups excluding carboxylic acids is 1. The first-order chi connectivity index (χ1) is 10.7. The summed E-state index contributed by atoms with van der Waals surface area (Å²) in [5.41, 5.74) is 0.945. The third-order valence-corrected chi connectivity index (χ3v) is 4.10. The standard InChI is InChI=1S/C15H19N3O3S/c1-4-13(19)18(9-10-20-2)15-17-16-14(22-15)11-5-7-12(21-3)8-6-11/h5-8H,4,9-10H2,1-3H3. The van der Waals surface area contributed by atoms with E-state index in [0.29, 0.717) is 24.7 Å². The van der Waals surface area contributed by atoms with Crippen molar-refractivity contribution in [3.8, 4) is 16.3 Å². The van der Waals surface area contributed by atoms with Crippen LogP contribution in [0.25, 0.3) is 10.6 Å². The Labute approximate surface area is 133 Å². The second-order valence-corrected chi connectivity index (χ2v) is 5.47. The topological polar surface area (TPSA) is 64.6 Å². The van der Waals surface area contributed by atoms with E-state index in [4.69, 9.17) is 9.47 Å². The molecule has 0 bridgehead atoms. The molecule has 118 valence electrons. The van der Waals surface area contributed by atoms with Gasteiger partial charge in [-0.1, -0.05) is 18.3 Å². The zero-order valence-electron chi connectivity index (χ0n) is 12.9. The van der Waals surface area contributed by atoms with E-state index in [1.54, 1.807) is 19.1 Å². The van der Waals surface area contributed by atoms with Crippen LogP contribution >= 0.6 is 11.3 Å². The van der Waals surface area contributed by atoms with Gasteiger partial charge in [0.05, 0.1) is 20.3 Å². The lowest BCUT2D eigenvalue weighted by Crippen LogP contribution is -2.33. The molecule has 0 saturated carbocycles. The minimum absolute atomic E-state index is 0.00878. The van der Waals surface area contributed by atoms with Gasteiger partial charge in [-0.3, -0.25) is 9.69 Å². The van der Waals surface area contributed by atoms with Crippen LogP contribution in [-0.2, 0) is 9.53 Å². The summed E-state index contributed by atoms with van der Waals surface area (Å²) in [5.74, 6) is 0.797. The molecule has 0 fully saturated rings. The molecule has 0 N–H and O–H groups in total. The monoisotopic (exact) mass is 321 g/mol. The van der Waals surface area contributed by atoms with Gasteiger partial charge in [0.1, 0.15) is 10.8 Å². The van der Waals surface area contributed by atoms with Gasteiger partial charge in [-0.25, -0.2) is 0 Å². The maximum Gasteiger partial charge on any atom is 0.228 e. The van der Waals surface area contributed by atoms with E-state index in [1.807, 2.05) is 31.2 Å². The number of rotatable bonds is 7. The molecule has 6 nitrogen and oxygen atoms in total. The van der Waals surface area contributed by atoms with E-state index in [0.717, 1.165) is 16.3 Å². The number of ether oxygens (including phenoxy) is 2. The van der Waals surface area contributed by atoms with Gasteiger partial charge in [0.15, 0.2) is 0 Å². The first-order valence-electron chi connectivity index (χ1n) is 6.96. The van der Waals surface area contributed by atoms with E-state index < -0.39 is 0 Å². The van der Waals surface area contributed by atoms with Crippen LogP contribution in [0.4, 0.5) is 5.13 Å². The lowest BCUT2D eigenvalue weighted by molar-refractivity contribution is -0.118. The van der Waals surface area contributed by atoms with Crippen molar-refractivity contribution in [1.29, 1.82) is 0 Å². The number of hydrogen-bond acceptors (Lipinski definition) is 6. The minimum Gasteiger partial charge on any atom is -0.497 e. The van der Waals surface area contributed by atoms with Crippen LogP contribution in [0.3, 0.4) is 0 Å². The summed E-state index contributed by atoms with van der Waals surface area (Å²) in [6.07, 6.45) is 0.418. The van der Waals surface area contributed by atoms with Gasteiger partial charge >= 0.3 is 0 Å². The van der Waals surface area contributed by atoms with Crippen LogP contribution < -0.4 is 9.64 Å². The normalized spacial score (nSPS) is 10.5. The molecular weight excluding hydrogens is 302 g/mol. The molecule has 0 aliphatic rings. The Morgan fingerprint density at radius 3 is 2.55 bits per heavy atom. The number of nitrogens with zero attached hydrogens (tertiary/aromatic N) is 3. The molecule has 2 aromatic rings. The Morgan fingerprint density at radius 2 is 1.95 bits per heavy atom. The Hall–Kier alpha value is -1.99. The van der Waals surface area contributed by atoms with Crippen LogP contribution in [0, 0.1) is 0 Å². The van der Waals surface area contributed by atoms with Crippen LogP contribution in [-0.4, -0.2) is 43.5 Å². The summed E-state index contributed by atoms with van der Waals surface area (Å²) in [7, 11) is 3.24. The van der Waals surface area contributed by atoms with Crippen LogP contribution in [0.15, 0.2) is 24.3 Å². The Balaban J connectivity index is 2.21. The zero-order valence-corrected chi connectivity index (χ0v) is 13.7. The summed E-state index contributed by atoms with van der Waals surface area (Å²) in [5, 5.41) is 9.68. The van der Waals surface area contributed by atoms with Gasteiger partial charge < -0.3 is 9.47 Å². The molecule has 7 heteroatoms. The third-order valence-electron chi connectivity index (χ3n) is 3.10. The summed E-state index contributed by atoms with van der Waals surface area (Å²) in [6.45, 7) is 2.76. The summed E-state index contributed by atoms with van der Waals surface area (Å²) in [4.78, 5) is 13.7. The van der Waals surface area contributed by atoms with Crippen LogP contribution in [0.2, 0.25) is 0 Å². The molecule has 1 heterocycles. The SMILES string of the molecule is CCC(=O)N(CCOC)c1nnc(-c2ccc(OC)cc2)s1. The molecule has 22 heavy (non-hydrogen) atoms. The smallest absolute Gasteiger partial charge is 0.228 e. The Kier molecular flexibility index (Phi) is 5.85. The van der Waals surface area contributed by atoms with Crippen molar-refractivity contribution >= 4 is 22.4 Å². The molecule has 1 amide bonds. The predicted octanol–water partition coefficient (Wildman–Crippen LogP) is 2.60. The van der Waals surface area contributed by atoms with Crippen LogP contribution in [0.5, 0.6) is 5.75 Å². The second kappa shape index (κ2) is 7.86. The number of amides is 1. The number of methoxy groups -OCH3 is 2. The number of benzene rings is 1. The largest absolute Gasteiger partial charge is 0.497 e. The molecule has 1 aromatic heterocycles. The van der Waals surface area contributed by atoms with Crippen molar-refractivity contribution < 1.29 is 14.3 Å². The molecule has 0 aliphatic heterocycles. The number of hydrogen-bond donors (Lipinski definition) is 0. The van der Waals surface area contributed by atoms with Crippen molar-refractivity contribution in [2.75, 3.05) is 32.3 Å². The van der Waals surface area contributed by atoms with Gasteiger partial charge in [-0.05, 0) is 24.3 Å². The maximum atomic E-state index is 12.0. The molecule has 2 rings (SSSR count). The number of carbonyl (C=O) groups is 1. The van der Waals surface area contributed by atoms with Crippen molar-refractivity contribution in [3.63, 3.8) is 0 Å². The maximum absolute atomic E-state index is 12.0. The summed E-state index contributed by atoms with van der Waals surface area (Å²) in [6, 6.07) is 7.58. The molecule has 0 spiro atoms. The average Bonchev–Trinajstić information content (AvgIpc) is 3.04. The molecule has 0 unspecified atom stereocenters.